The molecule has 1 unspecified atom stereocenters. The number of morpholine rings is 1. The van der Waals surface area contributed by atoms with Gasteiger partial charge in [0, 0.05) is 19.0 Å². The molecule has 2 nitrogen and oxygen atoms in total. The fraction of sp³-hybridized carbons (Fsp3) is 1.00. The lowest BCUT2D eigenvalue weighted by atomic mass is 10.1. The maximum atomic E-state index is 5.86. The molecule has 1 saturated heterocycles. The first kappa shape index (κ1) is 18.3. The molecule has 0 aromatic heterocycles. The smallest absolute Gasteiger partial charge is 0.0837 e. The summed E-state index contributed by atoms with van der Waals surface area (Å²) < 4.78 is 5.58. The molecule has 1 aliphatic rings. The standard InChI is InChI=1S/C17H34ClNO/c1-2-3-4-5-6-7-8-9-10-11-12-19-13-14-20-17(15-18)16-19/h17H,2-16H2,1H3. The zero-order chi connectivity index (χ0) is 14.5. The number of rotatable bonds is 12. The summed E-state index contributed by atoms with van der Waals surface area (Å²) in [5.41, 5.74) is 0. The first-order chi connectivity index (χ1) is 9.86. The quantitative estimate of drug-likeness (QED) is 0.377. The molecule has 1 rings (SSSR count). The number of halogens is 1. The third-order valence-corrected chi connectivity index (χ3v) is 4.57. The van der Waals surface area contributed by atoms with Crippen molar-refractivity contribution >= 4 is 11.6 Å². The lowest BCUT2D eigenvalue weighted by molar-refractivity contribution is -0.0167. The molecule has 0 amide bonds. The first-order valence-electron chi connectivity index (χ1n) is 8.76. The van der Waals surface area contributed by atoms with Crippen LogP contribution in [-0.4, -0.2) is 43.1 Å². The number of hydrogen-bond acceptors (Lipinski definition) is 2. The molecule has 3 heteroatoms. The zero-order valence-electron chi connectivity index (χ0n) is 13.4. The van der Waals surface area contributed by atoms with Crippen molar-refractivity contribution in [3.05, 3.63) is 0 Å². The van der Waals surface area contributed by atoms with Crippen LogP contribution in [0.1, 0.15) is 71.1 Å². The van der Waals surface area contributed by atoms with Gasteiger partial charge in [0.1, 0.15) is 0 Å². The first-order valence-corrected chi connectivity index (χ1v) is 9.30. The SMILES string of the molecule is CCCCCCCCCCCCN1CCOC(CCl)C1. The minimum absolute atomic E-state index is 0.258. The molecule has 0 spiro atoms. The minimum Gasteiger partial charge on any atom is -0.374 e. The van der Waals surface area contributed by atoms with Crippen LogP contribution >= 0.6 is 11.6 Å². The summed E-state index contributed by atoms with van der Waals surface area (Å²) in [5.74, 6) is 0.633. The average Bonchev–Trinajstić information content (AvgIpc) is 2.49. The van der Waals surface area contributed by atoms with Crippen LogP contribution in [0.2, 0.25) is 0 Å². The van der Waals surface area contributed by atoms with Gasteiger partial charge in [-0.2, -0.15) is 0 Å². The highest BCUT2D eigenvalue weighted by Gasteiger charge is 2.18. The Balaban J connectivity index is 1.82. The van der Waals surface area contributed by atoms with Crippen LogP contribution in [0.3, 0.4) is 0 Å². The Morgan fingerprint density at radius 1 is 0.950 bits per heavy atom. The molecule has 0 bridgehead atoms. The highest BCUT2D eigenvalue weighted by Crippen LogP contribution is 2.12. The summed E-state index contributed by atoms with van der Waals surface area (Å²) in [6.07, 6.45) is 14.4. The zero-order valence-corrected chi connectivity index (χ0v) is 14.2. The minimum atomic E-state index is 0.258. The van der Waals surface area contributed by atoms with E-state index in [2.05, 4.69) is 11.8 Å². The van der Waals surface area contributed by atoms with E-state index in [-0.39, 0.29) is 6.10 Å². The van der Waals surface area contributed by atoms with Gasteiger partial charge in [0.15, 0.2) is 0 Å². The van der Waals surface area contributed by atoms with Gasteiger partial charge in [-0.3, -0.25) is 4.90 Å². The maximum absolute atomic E-state index is 5.86. The Labute approximate surface area is 131 Å². The molecule has 0 saturated carbocycles. The number of alkyl halides is 1. The predicted molar refractivity (Wildman–Crippen MR) is 88.7 cm³/mol. The van der Waals surface area contributed by atoms with Gasteiger partial charge >= 0.3 is 0 Å². The number of ether oxygens (including phenoxy) is 1. The lowest BCUT2D eigenvalue weighted by Gasteiger charge is -2.31. The van der Waals surface area contributed by atoms with Gasteiger partial charge in [-0.25, -0.2) is 0 Å². The third-order valence-electron chi connectivity index (χ3n) is 4.22. The summed E-state index contributed by atoms with van der Waals surface area (Å²) in [6.45, 7) is 6.48. The fourth-order valence-corrected chi connectivity index (χ4v) is 3.09. The van der Waals surface area contributed by atoms with Crippen molar-refractivity contribution < 1.29 is 4.74 Å². The van der Waals surface area contributed by atoms with Crippen molar-refractivity contribution in [1.82, 2.24) is 4.90 Å². The van der Waals surface area contributed by atoms with Crippen LogP contribution < -0.4 is 0 Å². The van der Waals surface area contributed by atoms with E-state index in [1.54, 1.807) is 0 Å². The lowest BCUT2D eigenvalue weighted by Crippen LogP contribution is -2.43. The molecular formula is C17H34ClNO. The van der Waals surface area contributed by atoms with E-state index in [9.17, 15) is 0 Å². The molecule has 1 heterocycles. The van der Waals surface area contributed by atoms with Crippen LogP contribution in [0, 0.1) is 0 Å². The second-order valence-electron chi connectivity index (χ2n) is 6.13. The molecule has 1 aliphatic heterocycles. The number of unbranched alkanes of at least 4 members (excludes halogenated alkanes) is 9. The van der Waals surface area contributed by atoms with Gasteiger partial charge < -0.3 is 4.74 Å². The van der Waals surface area contributed by atoms with Crippen molar-refractivity contribution in [1.29, 1.82) is 0 Å². The van der Waals surface area contributed by atoms with Gasteiger partial charge in [-0.05, 0) is 13.0 Å². The molecule has 0 radical (unpaired) electrons. The highest BCUT2D eigenvalue weighted by atomic mass is 35.5. The molecule has 0 aromatic carbocycles. The summed E-state index contributed by atoms with van der Waals surface area (Å²) in [6, 6.07) is 0. The molecular weight excluding hydrogens is 270 g/mol. The van der Waals surface area contributed by atoms with Crippen LogP contribution in [-0.2, 0) is 4.74 Å². The molecule has 0 N–H and O–H groups in total. The van der Waals surface area contributed by atoms with Crippen molar-refractivity contribution in [3.8, 4) is 0 Å². The van der Waals surface area contributed by atoms with Crippen LogP contribution in [0.25, 0.3) is 0 Å². The summed E-state index contributed by atoms with van der Waals surface area (Å²) in [4.78, 5) is 2.52. The van der Waals surface area contributed by atoms with Crippen LogP contribution in [0.15, 0.2) is 0 Å². The normalized spacial score (nSPS) is 20.4. The van der Waals surface area contributed by atoms with Crippen molar-refractivity contribution in [3.63, 3.8) is 0 Å². The Morgan fingerprint density at radius 3 is 2.15 bits per heavy atom. The van der Waals surface area contributed by atoms with Gasteiger partial charge in [0.05, 0.1) is 12.7 Å². The number of nitrogens with zero attached hydrogens (tertiary/aromatic N) is 1. The monoisotopic (exact) mass is 303 g/mol. The van der Waals surface area contributed by atoms with Crippen molar-refractivity contribution in [2.45, 2.75) is 77.2 Å². The molecule has 1 fully saturated rings. The second-order valence-corrected chi connectivity index (χ2v) is 6.44. The fourth-order valence-electron chi connectivity index (χ4n) is 2.90. The molecule has 0 aromatic rings. The van der Waals surface area contributed by atoms with E-state index < -0.39 is 0 Å². The average molecular weight is 304 g/mol. The Hall–Kier alpha value is 0.210. The van der Waals surface area contributed by atoms with E-state index in [0.717, 1.165) is 19.7 Å². The van der Waals surface area contributed by atoms with E-state index >= 15 is 0 Å². The third kappa shape index (κ3) is 9.20. The van der Waals surface area contributed by atoms with E-state index in [1.807, 2.05) is 0 Å². The van der Waals surface area contributed by atoms with Gasteiger partial charge in [-0.1, -0.05) is 64.7 Å². The van der Waals surface area contributed by atoms with Crippen LogP contribution in [0.5, 0.6) is 0 Å². The maximum Gasteiger partial charge on any atom is 0.0837 e. The van der Waals surface area contributed by atoms with E-state index in [4.69, 9.17) is 16.3 Å². The topological polar surface area (TPSA) is 12.5 Å². The largest absolute Gasteiger partial charge is 0.374 e. The second kappa shape index (κ2) is 12.9. The van der Waals surface area contributed by atoms with E-state index in [1.165, 1.54) is 70.8 Å². The summed E-state index contributed by atoms with van der Waals surface area (Å²) >= 11 is 5.86. The Morgan fingerprint density at radius 2 is 1.55 bits per heavy atom. The number of hydrogen-bond donors (Lipinski definition) is 0. The van der Waals surface area contributed by atoms with Gasteiger partial charge in [0.2, 0.25) is 0 Å². The van der Waals surface area contributed by atoms with Crippen LogP contribution in [0.4, 0.5) is 0 Å². The van der Waals surface area contributed by atoms with E-state index in [0.29, 0.717) is 5.88 Å². The van der Waals surface area contributed by atoms with Crippen molar-refractivity contribution in [2.24, 2.45) is 0 Å². The summed E-state index contributed by atoms with van der Waals surface area (Å²) in [7, 11) is 0. The molecule has 120 valence electrons. The Kier molecular flexibility index (Phi) is 11.8. The highest BCUT2D eigenvalue weighted by molar-refractivity contribution is 6.18. The van der Waals surface area contributed by atoms with Gasteiger partial charge in [0.25, 0.3) is 0 Å². The van der Waals surface area contributed by atoms with Crippen molar-refractivity contribution in [2.75, 3.05) is 32.1 Å². The predicted octanol–water partition coefficient (Wildman–Crippen LogP) is 4.85. The molecule has 1 atom stereocenters. The Bertz CT molecular complexity index is 213. The molecule has 0 aliphatic carbocycles. The summed E-state index contributed by atoms with van der Waals surface area (Å²) in [5, 5.41) is 0. The molecule has 20 heavy (non-hydrogen) atoms. The van der Waals surface area contributed by atoms with Gasteiger partial charge in [-0.15, -0.1) is 11.6 Å².